The van der Waals surface area contributed by atoms with E-state index in [-0.39, 0.29) is 0 Å². The van der Waals surface area contributed by atoms with Crippen molar-refractivity contribution in [3.63, 3.8) is 0 Å². The van der Waals surface area contributed by atoms with Crippen molar-refractivity contribution in [1.82, 2.24) is 0 Å². The second-order valence-electron chi connectivity index (χ2n) is 3.86. The molecule has 0 spiro atoms. The number of para-hydroxylation sites is 1. The quantitative estimate of drug-likeness (QED) is 0.433. The molecule has 1 rings (SSSR count). The molecule has 3 N–H and O–H groups in total. The van der Waals surface area contributed by atoms with E-state index in [4.69, 9.17) is 15.2 Å². The molecular formula is C13H20N2O2. The van der Waals surface area contributed by atoms with Crippen LogP contribution in [0.25, 0.3) is 0 Å². The Bertz CT molecular complexity index is 378. The van der Waals surface area contributed by atoms with Crippen LogP contribution in [0.1, 0.15) is 6.92 Å². The first-order valence-corrected chi connectivity index (χ1v) is 5.53. The molecule has 0 bridgehead atoms. The van der Waals surface area contributed by atoms with Crippen molar-refractivity contribution in [1.29, 1.82) is 0 Å². The number of nitrogens with two attached hydrogens (primary N) is 1. The summed E-state index contributed by atoms with van der Waals surface area (Å²) in [5.74, 6) is 0.679. The summed E-state index contributed by atoms with van der Waals surface area (Å²) in [6.07, 6.45) is 0. The van der Waals surface area contributed by atoms with Gasteiger partial charge in [-0.05, 0) is 19.1 Å². The molecule has 0 heterocycles. The van der Waals surface area contributed by atoms with Crippen LogP contribution in [0.4, 0.5) is 11.4 Å². The van der Waals surface area contributed by atoms with E-state index in [0.717, 1.165) is 11.3 Å². The number of nitrogen functional groups attached to an aromatic ring is 1. The van der Waals surface area contributed by atoms with E-state index in [1.807, 2.05) is 25.1 Å². The highest BCUT2D eigenvalue weighted by atomic mass is 16.5. The summed E-state index contributed by atoms with van der Waals surface area (Å²) >= 11 is 0. The van der Waals surface area contributed by atoms with E-state index in [9.17, 15) is 0 Å². The maximum Gasteiger partial charge on any atom is 0.143 e. The Balaban J connectivity index is 2.39. The number of ether oxygens (including phenoxy) is 2. The third kappa shape index (κ3) is 4.36. The van der Waals surface area contributed by atoms with Crippen LogP contribution in [0.2, 0.25) is 0 Å². The first-order valence-electron chi connectivity index (χ1n) is 5.53. The van der Waals surface area contributed by atoms with E-state index in [1.54, 1.807) is 7.11 Å². The molecule has 0 saturated carbocycles. The average Bonchev–Trinajstić information content (AvgIpc) is 2.30. The molecule has 4 heteroatoms. The Kier molecular flexibility index (Phi) is 5.36. The summed E-state index contributed by atoms with van der Waals surface area (Å²) in [7, 11) is 1.60. The van der Waals surface area contributed by atoms with E-state index in [1.165, 1.54) is 0 Å². The first kappa shape index (κ1) is 13.4. The van der Waals surface area contributed by atoms with Gasteiger partial charge < -0.3 is 20.5 Å². The van der Waals surface area contributed by atoms with Crippen LogP contribution in [0, 0.1) is 0 Å². The molecule has 0 unspecified atom stereocenters. The third-order valence-corrected chi connectivity index (χ3v) is 2.20. The number of anilines is 2. The number of hydrogen-bond donors (Lipinski definition) is 2. The number of hydrogen-bond acceptors (Lipinski definition) is 4. The summed E-state index contributed by atoms with van der Waals surface area (Å²) in [6, 6.07) is 5.64. The van der Waals surface area contributed by atoms with Crippen molar-refractivity contribution in [2.45, 2.75) is 6.92 Å². The van der Waals surface area contributed by atoms with Crippen molar-refractivity contribution in [3.05, 3.63) is 30.4 Å². The van der Waals surface area contributed by atoms with Crippen LogP contribution < -0.4 is 15.8 Å². The van der Waals surface area contributed by atoms with Gasteiger partial charge in [0, 0.05) is 6.54 Å². The Morgan fingerprint density at radius 1 is 1.47 bits per heavy atom. The van der Waals surface area contributed by atoms with Crippen LogP contribution in [-0.4, -0.2) is 26.9 Å². The topological polar surface area (TPSA) is 56.5 Å². The Hall–Kier alpha value is -1.68. The van der Waals surface area contributed by atoms with Crippen molar-refractivity contribution in [2.24, 2.45) is 0 Å². The summed E-state index contributed by atoms with van der Waals surface area (Å²) in [6.45, 7) is 7.61. The second-order valence-corrected chi connectivity index (χ2v) is 3.86. The van der Waals surface area contributed by atoms with E-state index < -0.39 is 0 Å². The summed E-state index contributed by atoms with van der Waals surface area (Å²) in [5.41, 5.74) is 8.42. The molecule has 1 aromatic carbocycles. The fraction of sp³-hybridized carbons (Fsp3) is 0.385. The number of rotatable bonds is 7. The van der Waals surface area contributed by atoms with Gasteiger partial charge in [-0.1, -0.05) is 18.2 Å². The lowest BCUT2D eigenvalue weighted by molar-refractivity contribution is 0.167. The van der Waals surface area contributed by atoms with Crippen LogP contribution in [0.5, 0.6) is 5.75 Å². The Labute approximate surface area is 102 Å². The highest BCUT2D eigenvalue weighted by Crippen LogP contribution is 2.28. The number of nitrogens with one attached hydrogen (secondary N) is 1. The van der Waals surface area contributed by atoms with Gasteiger partial charge in [-0.15, -0.1) is 0 Å². The van der Waals surface area contributed by atoms with Crippen molar-refractivity contribution in [2.75, 3.05) is 37.9 Å². The molecule has 0 aliphatic rings. The SMILES string of the molecule is C=C(C)COCCNc1cccc(OC)c1N. The van der Waals surface area contributed by atoms with Crippen molar-refractivity contribution in [3.8, 4) is 5.75 Å². The van der Waals surface area contributed by atoms with Gasteiger partial charge in [-0.2, -0.15) is 0 Å². The molecule has 0 aromatic heterocycles. The standard InChI is InChI=1S/C13H20N2O2/c1-10(2)9-17-8-7-15-11-5-4-6-12(16-3)13(11)14/h4-6,15H,1,7-9,14H2,2-3H3. The normalized spacial score (nSPS) is 10.0. The molecule has 17 heavy (non-hydrogen) atoms. The van der Waals surface area contributed by atoms with Crippen LogP contribution >= 0.6 is 0 Å². The molecule has 4 nitrogen and oxygen atoms in total. The minimum atomic E-state index is 0.593. The molecular weight excluding hydrogens is 216 g/mol. The van der Waals surface area contributed by atoms with Gasteiger partial charge in [0.2, 0.25) is 0 Å². The molecule has 1 aromatic rings. The zero-order chi connectivity index (χ0) is 12.7. The summed E-state index contributed by atoms with van der Waals surface area (Å²) in [4.78, 5) is 0. The molecule has 0 aliphatic carbocycles. The minimum Gasteiger partial charge on any atom is -0.495 e. The number of methoxy groups -OCH3 is 1. The van der Waals surface area contributed by atoms with Crippen molar-refractivity contribution < 1.29 is 9.47 Å². The van der Waals surface area contributed by atoms with Gasteiger partial charge in [0.25, 0.3) is 0 Å². The largest absolute Gasteiger partial charge is 0.495 e. The molecule has 94 valence electrons. The van der Waals surface area contributed by atoms with Gasteiger partial charge in [0.15, 0.2) is 0 Å². The zero-order valence-electron chi connectivity index (χ0n) is 10.5. The molecule has 0 aliphatic heterocycles. The van der Waals surface area contributed by atoms with E-state index >= 15 is 0 Å². The molecule has 0 amide bonds. The van der Waals surface area contributed by atoms with Gasteiger partial charge in [-0.25, -0.2) is 0 Å². The van der Waals surface area contributed by atoms with E-state index in [0.29, 0.717) is 31.2 Å². The molecule has 0 atom stereocenters. The fourth-order valence-electron chi connectivity index (χ4n) is 1.38. The van der Waals surface area contributed by atoms with Gasteiger partial charge >= 0.3 is 0 Å². The predicted molar refractivity (Wildman–Crippen MR) is 71.5 cm³/mol. The highest BCUT2D eigenvalue weighted by molar-refractivity contribution is 5.72. The first-order chi connectivity index (χ1) is 8.15. The lowest BCUT2D eigenvalue weighted by Crippen LogP contribution is -2.11. The molecule has 0 fully saturated rings. The molecule has 0 saturated heterocycles. The lowest BCUT2D eigenvalue weighted by atomic mass is 10.2. The molecule has 0 radical (unpaired) electrons. The smallest absolute Gasteiger partial charge is 0.143 e. The van der Waals surface area contributed by atoms with Crippen LogP contribution in [0.3, 0.4) is 0 Å². The zero-order valence-corrected chi connectivity index (χ0v) is 10.5. The summed E-state index contributed by atoms with van der Waals surface area (Å²) < 4.78 is 10.5. The average molecular weight is 236 g/mol. The maximum absolute atomic E-state index is 5.91. The lowest BCUT2D eigenvalue weighted by Gasteiger charge is -2.12. The van der Waals surface area contributed by atoms with Gasteiger partial charge in [0.1, 0.15) is 5.75 Å². The van der Waals surface area contributed by atoms with Crippen LogP contribution in [0.15, 0.2) is 30.4 Å². The number of benzene rings is 1. The third-order valence-electron chi connectivity index (χ3n) is 2.20. The second kappa shape index (κ2) is 6.81. The van der Waals surface area contributed by atoms with Gasteiger partial charge in [-0.3, -0.25) is 0 Å². The minimum absolute atomic E-state index is 0.593. The van der Waals surface area contributed by atoms with E-state index in [2.05, 4.69) is 11.9 Å². The Morgan fingerprint density at radius 3 is 2.88 bits per heavy atom. The monoisotopic (exact) mass is 236 g/mol. The predicted octanol–water partition coefficient (Wildman–Crippen LogP) is 2.28. The maximum atomic E-state index is 5.91. The fourth-order valence-corrected chi connectivity index (χ4v) is 1.38. The summed E-state index contributed by atoms with van der Waals surface area (Å²) in [5, 5.41) is 3.20. The van der Waals surface area contributed by atoms with Crippen LogP contribution in [-0.2, 0) is 4.74 Å². The van der Waals surface area contributed by atoms with Crippen molar-refractivity contribution >= 4 is 11.4 Å². The Morgan fingerprint density at radius 2 is 2.24 bits per heavy atom. The van der Waals surface area contributed by atoms with Gasteiger partial charge in [0.05, 0.1) is 31.7 Å². The highest BCUT2D eigenvalue weighted by Gasteiger charge is 2.03.